The van der Waals surface area contributed by atoms with Gasteiger partial charge in [-0.05, 0) is 54.7 Å². The topological polar surface area (TPSA) is 96.3 Å². The number of piperidine rings is 1. The summed E-state index contributed by atoms with van der Waals surface area (Å²) in [6.07, 6.45) is 4.56. The Balaban J connectivity index is 1.33. The van der Waals surface area contributed by atoms with Crippen molar-refractivity contribution in [1.29, 1.82) is 0 Å². The maximum Gasteiger partial charge on any atom is 0.322 e. The fraction of sp³-hybridized carbons (Fsp3) is 0.280. The standard InChI is InChI=1S/C25H24FN5O3/c26-21-8-2-1-5-18(21)16-25(23(33)28-24(34)29-25)19-9-13-30(14-10-19)22(32)17-6-3-7-20(15-17)31-12-4-11-27-31/h1-8,11-12,15,19H,9-10,13-14,16H2,(H2,28,29,33,34)/t25-/m1/s1. The quantitative estimate of drug-likeness (QED) is 0.571. The number of nitrogens with one attached hydrogen (secondary N) is 2. The van der Waals surface area contributed by atoms with Crippen LogP contribution in [0.25, 0.3) is 5.69 Å². The average Bonchev–Trinajstić information content (AvgIpc) is 3.49. The van der Waals surface area contributed by atoms with Gasteiger partial charge in [0.1, 0.15) is 11.4 Å². The number of urea groups is 1. The van der Waals surface area contributed by atoms with Gasteiger partial charge in [-0.25, -0.2) is 13.9 Å². The molecule has 0 unspecified atom stereocenters. The summed E-state index contributed by atoms with van der Waals surface area (Å²) < 4.78 is 16.1. The maximum atomic E-state index is 14.4. The Hall–Kier alpha value is -4.01. The number of halogens is 1. The number of amides is 4. The summed E-state index contributed by atoms with van der Waals surface area (Å²) in [5.74, 6) is -1.20. The van der Waals surface area contributed by atoms with Crippen LogP contribution in [0.5, 0.6) is 0 Å². The fourth-order valence-electron chi connectivity index (χ4n) is 4.96. The zero-order valence-corrected chi connectivity index (χ0v) is 18.4. The Kier molecular flexibility index (Phi) is 5.61. The molecule has 5 rings (SSSR count). The van der Waals surface area contributed by atoms with Crippen LogP contribution in [0, 0.1) is 11.7 Å². The molecule has 3 heterocycles. The lowest BCUT2D eigenvalue weighted by Gasteiger charge is -2.40. The fourth-order valence-corrected chi connectivity index (χ4v) is 4.96. The van der Waals surface area contributed by atoms with E-state index in [-0.39, 0.29) is 18.2 Å². The lowest BCUT2D eigenvalue weighted by molar-refractivity contribution is -0.126. The molecule has 0 saturated carbocycles. The van der Waals surface area contributed by atoms with Gasteiger partial charge in [-0.2, -0.15) is 5.10 Å². The highest BCUT2D eigenvalue weighted by molar-refractivity contribution is 6.07. The van der Waals surface area contributed by atoms with Crippen LogP contribution in [-0.2, 0) is 11.2 Å². The van der Waals surface area contributed by atoms with E-state index in [2.05, 4.69) is 15.7 Å². The van der Waals surface area contributed by atoms with Gasteiger partial charge in [0.05, 0.1) is 5.69 Å². The summed E-state index contributed by atoms with van der Waals surface area (Å²) in [6, 6.07) is 14.8. The van der Waals surface area contributed by atoms with Gasteiger partial charge in [-0.3, -0.25) is 14.9 Å². The van der Waals surface area contributed by atoms with Crippen molar-refractivity contribution in [3.05, 3.63) is 83.9 Å². The van der Waals surface area contributed by atoms with E-state index in [4.69, 9.17) is 0 Å². The van der Waals surface area contributed by atoms with Crippen molar-refractivity contribution >= 4 is 17.8 Å². The van der Waals surface area contributed by atoms with Crippen molar-refractivity contribution in [2.24, 2.45) is 5.92 Å². The predicted octanol–water partition coefficient (Wildman–Crippen LogP) is 2.68. The van der Waals surface area contributed by atoms with Gasteiger partial charge in [0.2, 0.25) is 0 Å². The molecule has 8 nitrogen and oxygen atoms in total. The van der Waals surface area contributed by atoms with Crippen molar-refractivity contribution in [2.45, 2.75) is 24.8 Å². The first-order valence-corrected chi connectivity index (χ1v) is 11.2. The van der Waals surface area contributed by atoms with Crippen LogP contribution in [0.4, 0.5) is 9.18 Å². The molecule has 4 amide bonds. The van der Waals surface area contributed by atoms with Gasteiger partial charge in [-0.1, -0.05) is 24.3 Å². The third-order valence-corrected chi connectivity index (χ3v) is 6.74. The normalized spacial score (nSPS) is 20.8. The molecule has 34 heavy (non-hydrogen) atoms. The second-order valence-electron chi connectivity index (χ2n) is 8.72. The predicted molar refractivity (Wildman–Crippen MR) is 122 cm³/mol. The smallest absolute Gasteiger partial charge is 0.322 e. The molecule has 3 aromatic rings. The summed E-state index contributed by atoms with van der Waals surface area (Å²) in [5.41, 5.74) is 0.474. The molecule has 1 aromatic heterocycles. The van der Waals surface area contributed by atoms with Gasteiger partial charge in [-0.15, -0.1) is 0 Å². The molecule has 9 heteroatoms. The third-order valence-electron chi connectivity index (χ3n) is 6.74. The first kappa shape index (κ1) is 21.8. The Morgan fingerprint density at radius 3 is 2.56 bits per heavy atom. The second-order valence-corrected chi connectivity index (χ2v) is 8.72. The van der Waals surface area contributed by atoms with Crippen molar-refractivity contribution in [3.63, 3.8) is 0 Å². The molecule has 0 aliphatic carbocycles. The van der Waals surface area contributed by atoms with Gasteiger partial charge >= 0.3 is 6.03 Å². The minimum atomic E-state index is -1.24. The van der Waals surface area contributed by atoms with Crippen LogP contribution in [0.15, 0.2) is 67.0 Å². The summed E-state index contributed by atoms with van der Waals surface area (Å²) in [5, 5.41) is 9.31. The summed E-state index contributed by atoms with van der Waals surface area (Å²) >= 11 is 0. The number of nitrogens with zero attached hydrogens (tertiary/aromatic N) is 3. The molecule has 2 aromatic carbocycles. The maximum absolute atomic E-state index is 14.4. The molecule has 2 aliphatic heterocycles. The lowest BCUT2D eigenvalue weighted by Crippen LogP contribution is -2.58. The van der Waals surface area contributed by atoms with E-state index in [0.29, 0.717) is 37.1 Å². The number of hydrogen-bond acceptors (Lipinski definition) is 4. The highest BCUT2D eigenvalue weighted by atomic mass is 19.1. The SMILES string of the molecule is O=C1NC(=O)[C@@](Cc2ccccc2F)(C2CCN(C(=O)c3cccc(-n4cccn4)c3)CC2)N1. The lowest BCUT2D eigenvalue weighted by atomic mass is 9.74. The van der Waals surface area contributed by atoms with E-state index < -0.39 is 23.3 Å². The average molecular weight is 461 g/mol. The third kappa shape index (κ3) is 3.93. The van der Waals surface area contributed by atoms with E-state index in [1.165, 1.54) is 6.07 Å². The van der Waals surface area contributed by atoms with E-state index in [0.717, 1.165) is 5.69 Å². The second kappa shape index (κ2) is 8.74. The van der Waals surface area contributed by atoms with Crippen LogP contribution < -0.4 is 10.6 Å². The van der Waals surface area contributed by atoms with Crippen molar-refractivity contribution in [3.8, 4) is 5.69 Å². The molecule has 1 atom stereocenters. The van der Waals surface area contributed by atoms with Crippen LogP contribution in [0.3, 0.4) is 0 Å². The van der Waals surface area contributed by atoms with Crippen LogP contribution >= 0.6 is 0 Å². The van der Waals surface area contributed by atoms with Gasteiger partial charge in [0.15, 0.2) is 0 Å². The van der Waals surface area contributed by atoms with Crippen molar-refractivity contribution in [1.82, 2.24) is 25.3 Å². The minimum absolute atomic E-state index is 0.0573. The molecule has 2 N–H and O–H groups in total. The number of aromatic nitrogens is 2. The van der Waals surface area contributed by atoms with Crippen LogP contribution in [0.2, 0.25) is 0 Å². The zero-order chi connectivity index (χ0) is 23.7. The molecule has 0 spiro atoms. The van der Waals surface area contributed by atoms with Gasteiger partial charge in [0, 0.05) is 37.5 Å². The Morgan fingerprint density at radius 2 is 1.88 bits per heavy atom. The van der Waals surface area contributed by atoms with Gasteiger partial charge in [0.25, 0.3) is 11.8 Å². The first-order chi connectivity index (χ1) is 16.5. The summed E-state index contributed by atoms with van der Waals surface area (Å²) in [7, 11) is 0. The largest absolute Gasteiger partial charge is 0.339 e. The van der Waals surface area contributed by atoms with Crippen LogP contribution in [0.1, 0.15) is 28.8 Å². The number of hydrogen-bond donors (Lipinski definition) is 2. The molecular formula is C25H24FN5O3. The van der Waals surface area contributed by atoms with Crippen molar-refractivity contribution < 1.29 is 18.8 Å². The highest BCUT2D eigenvalue weighted by Gasteiger charge is 2.52. The Morgan fingerprint density at radius 1 is 1.09 bits per heavy atom. The Bertz CT molecular complexity index is 1240. The van der Waals surface area contributed by atoms with E-state index in [9.17, 15) is 18.8 Å². The molecule has 2 fully saturated rings. The number of carbonyl (C=O) groups excluding carboxylic acids is 3. The monoisotopic (exact) mass is 461 g/mol. The number of likely N-dealkylation sites (tertiary alicyclic amines) is 1. The summed E-state index contributed by atoms with van der Waals surface area (Å²) in [4.78, 5) is 39.9. The Labute approximate surface area is 195 Å². The minimum Gasteiger partial charge on any atom is -0.339 e. The van der Waals surface area contributed by atoms with E-state index in [1.54, 1.807) is 46.1 Å². The molecule has 174 valence electrons. The number of imide groups is 1. The number of rotatable bonds is 5. The molecule has 0 bridgehead atoms. The first-order valence-electron chi connectivity index (χ1n) is 11.2. The highest BCUT2D eigenvalue weighted by Crippen LogP contribution is 2.35. The summed E-state index contributed by atoms with van der Waals surface area (Å²) in [6.45, 7) is 0.856. The molecular weight excluding hydrogens is 437 g/mol. The van der Waals surface area contributed by atoms with Gasteiger partial charge < -0.3 is 10.2 Å². The number of benzene rings is 2. The number of carbonyl (C=O) groups is 3. The zero-order valence-electron chi connectivity index (χ0n) is 18.4. The van der Waals surface area contributed by atoms with E-state index >= 15 is 0 Å². The van der Waals surface area contributed by atoms with Crippen LogP contribution in [-0.4, -0.2) is 51.2 Å². The van der Waals surface area contributed by atoms with Crippen molar-refractivity contribution in [2.75, 3.05) is 13.1 Å². The molecule has 2 saturated heterocycles. The molecule has 0 radical (unpaired) electrons. The van der Waals surface area contributed by atoms with E-state index in [1.807, 2.05) is 24.4 Å². The molecule has 2 aliphatic rings.